The van der Waals surface area contributed by atoms with E-state index in [4.69, 9.17) is 4.74 Å². The number of nitrogens with zero attached hydrogens (tertiary/aromatic N) is 2. The molecule has 0 aliphatic carbocycles. The Morgan fingerprint density at radius 3 is 2.36 bits per heavy atom. The summed E-state index contributed by atoms with van der Waals surface area (Å²) in [4.78, 5) is 39.7. The van der Waals surface area contributed by atoms with Crippen molar-refractivity contribution in [1.29, 1.82) is 0 Å². The molecule has 2 N–H and O–H groups in total. The molecule has 0 radical (unpaired) electrons. The zero-order valence-electron chi connectivity index (χ0n) is 19.9. The number of hydrogen-bond donors (Lipinski definition) is 2. The van der Waals surface area contributed by atoms with E-state index in [9.17, 15) is 14.4 Å². The normalized spacial score (nSPS) is 17.9. The molecule has 0 spiro atoms. The highest BCUT2D eigenvalue weighted by Gasteiger charge is 2.48. The minimum atomic E-state index is -1.07. The van der Waals surface area contributed by atoms with E-state index in [0.29, 0.717) is 19.4 Å². The van der Waals surface area contributed by atoms with Crippen LogP contribution in [0.5, 0.6) is 5.75 Å². The van der Waals surface area contributed by atoms with Crippen molar-refractivity contribution in [3.05, 3.63) is 64.7 Å². The van der Waals surface area contributed by atoms with E-state index in [0.717, 1.165) is 33.0 Å². The van der Waals surface area contributed by atoms with Gasteiger partial charge >= 0.3 is 6.03 Å². The van der Waals surface area contributed by atoms with Crippen molar-refractivity contribution >= 4 is 17.8 Å². The molecule has 1 aliphatic heterocycles. The number of methoxy groups -OCH3 is 1. The van der Waals surface area contributed by atoms with E-state index < -0.39 is 23.4 Å². The SMILES string of the molecule is COc1c(C)cc(CN(C)CC(=O)NN2C(=O)NC(C)(CCc3ccccc3)C2=O)cc1C. The molecule has 2 aromatic carbocycles. The number of hydrogen-bond acceptors (Lipinski definition) is 5. The number of amides is 4. The third kappa shape index (κ3) is 5.70. The van der Waals surface area contributed by atoms with Gasteiger partial charge in [-0.1, -0.05) is 42.5 Å². The third-order valence-corrected chi connectivity index (χ3v) is 5.84. The maximum Gasteiger partial charge on any atom is 0.344 e. The molecule has 0 bridgehead atoms. The predicted octanol–water partition coefficient (Wildman–Crippen LogP) is 2.72. The molecular weight excluding hydrogens is 420 g/mol. The lowest BCUT2D eigenvalue weighted by molar-refractivity contribution is -0.139. The van der Waals surface area contributed by atoms with Gasteiger partial charge in [0.2, 0.25) is 0 Å². The number of ether oxygens (including phenoxy) is 1. The van der Waals surface area contributed by atoms with Crippen molar-refractivity contribution in [2.45, 2.75) is 45.7 Å². The largest absolute Gasteiger partial charge is 0.496 e. The fourth-order valence-corrected chi connectivity index (χ4v) is 4.22. The molecule has 3 rings (SSSR count). The number of urea groups is 1. The molecule has 1 unspecified atom stereocenters. The third-order valence-electron chi connectivity index (χ3n) is 5.84. The van der Waals surface area contributed by atoms with E-state index >= 15 is 0 Å². The summed E-state index contributed by atoms with van der Waals surface area (Å²) in [6, 6.07) is 13.2. The highest BCUT2D eigenvalue weighted by molar-refractivity contribution is 6.07. The van der Waals surface area contributed by atoms with E-state index in [2.05, 4.69) is 10.7 Å². The number of rotatable bonds is 9. The van der Waals surface area contributed by atoms with Gasteiger partial charge in [-0.05, 0) is 62.9 Å². The zero-order valence-corrected chi connectivity index (χ0v) is 19.9. The van der Waals surface area contributed by atoms with Gasteiger partial charge in [-0.15, -0.1) is 0 Å². The Balaban J connectivity index is 1.56. The average Bonchev–Trinajstić information content (AvgIpc) is 2.96. The van der Waals surface area contributed by atoms with Crippen LogP contribution in [0.4, 0.5) is 4.79 Å². The average molecular weight is 453 g/mol. The van der Waals surface area contributed by atoms with Crippen LogP contribution in [0.1, 0.15) is 35.6 Å². The van der Waals surface area contributed by atoms with Crippen molar-refractivity contribution in [2.24, 2.45) is 0 Å². The van der Waals surface area contributed by atoms with Crippen LogP contribution in [-0.4, -0.2) is 54.0 Å². The Labute approximate surface area is 194 Å². The summed E-state index contributed by atoms with van der Waals surface area (Å²) in [7, 11) is 3.46. The van der Waals surface area contributed by atoms with Crippen molar-refractivity contribution < 1.29 is 19.1 Å². The molecule has 1 fully saturated rings. The predicted molar refractivity (Wildman–Crippen MR) is 125 cm³/mol. The van der Waals surface area contributed by atoms with Crippen LogP contribution in [0.15, 0.2) is 42.5 Å². The first-order chi connectivity index (χ1) is 15.6. The van der Waals surface area contributed by atoms with Crippen molar-refractivity contribution in [3.8, 4) is 5.75 Å². The Morgan fingerprint density at radius 1 is 1.12 bits per heavy atom. The first kappa shape index (κ1) is 24.3. The molecule has 1 aliphatic rings. The number of likely N-dealkylation sites (N-methyl/N-ethyl adjacent to an activating group) is 1. The standard InChI is InChI=1S/C25H32N4O4/c1-17-13-20(14-18(2)22(17)33-5)15-28(4)16-21(30)27-29-23(31)25(3,26-24(29)32)12-11-19-9-7-6-8-10-19/h6-10,13-14H,11-12,15-16H2,1-5H3,(H,26,32)(H,27,30). The summed E-state index contributed by atoms with van der Waals surface area (Å²) in [5.41, 5.74) is 5.57. The summed E-state index contributed by atoms with van der Waals surface area (Å²) in [6.07, 6.45) is 1.07. The fourth-order valence-electron chi connectivity index (χ4n) is 4.22. The number of imide groups is 1. The Hall–Kier alpha value is -3.39. The topological polar surface area (TPSA) is 91.0 Å². The van der Waals surface area contributed by atoms with E-state index in [1.54, 1.807) is 14.0 Å². The van der Waals surface area contributed by atoms with Gasteiger partial charge in [-0.25, -0.2) is 4.79 Å². The second-order valence-corrected chi connectivity index (χ2v) is 8.86. The molecule has 2 aromatic rings. The second-order valence-electron chi connectivity index (χ2n) is 8.86. The van der Waals surface area contributed by atoms with E-state index in [1.807, 2.05) is 68.3 Å². The van der Waals surface area contributed by atoms with Gasteiger partial charge < -0.3 is 10.1 Å². The quantitative estimate of drug-likeness (QED) is 0.571. The van der Waals surface area contributed by atoms with Gasteiger partial charge in [0.15, 0.2) is 0 Å². The summed E-state index contributed by atoms with van der Waals surface area (Å²) in [6.45, 7) is 6.21. The summed E-state index contributed by atoms with van der Waals surface area (Å²) in [5.74, 6) is -0.0379. The van der Waals surface area contributed by atoms with Crippen molar-refractivity contribution in [2.75, 3.05) is 20.7 Å². The molecule has 1 atom stereocenters. The van der Waals surface area contributed by atoms with Crippen LogP contribution in [0.3, 0.4) is 0 Å². The second kappa shape index (κ2) is 10.0. The van der Waals surface area contributed by atoms with Crippen molar-refractivity contribution in [1.82, 2.24) is 20.7 Å². The summed E-state index contributed by atoms with van der Waals surface area (Å²) in [5, 5.41) is 3.51. The summed E-state index contributed by atoms with van der Waals surface area (Å²) >= 11 is 0. The van der Waals surface area contributed by atoms with Gasteiger partial charge in [-0.2, -0.15) is 5.01 Å². The molecule has 8 nitrogen and oxygen atoms in total. The first-order valence-electron chi connectivity index (χ1n) is 11.0. The van der Waals surface area contributed by atoms with Crippen LogP contribution in [0.25, 0.3) is 0 Å². The maximum atomic E-state index is 12.9. The van der Waals surface area contributed by atoms with Gasteiger partial charge in [0, 0.05) is 6.54 Å². The minimum absolute atomic E-state index is 0.0297. The number of carbonyl (C=O) groups excluding carboxylic acids is 3. The molecule has 33 heavy (non-hydrogen) atoms. The van der Waals surface area contributed by atoms with Crippen LogP contribution in [0.2, 0.25) is 0 Å². The lowest BCUT2D eigenvalue weighted by Crippen LogP contribution is -2.51. The van der Waals surface area contributed by atoms with E-state index in [1.165, 1.54) is 0 Å². The molecule has 1 saturated heterocycles. The fraction of sp³-hybridized carbons (Fsp3) is 0.400. The Bertz CT molecular complexity index is 1020. The number of aryl methyl sites for hydroxylation is 3. The van der Waals surface area contributed by atoms with Gasteiger partial charge in [0.1, 0.15) is 11.3 Å². The maximum absolute atomic E-state index is 12.9. The molecule has 4 amide bonds. The highest BCUT2D eigenvalue weighted by atomic mass is 16.5. The monoisotopic (exact) mass is 452 g/mol. The Kier molecular flexibility index (Phi) is 7.38. The zero-order chi connectivity index (χ0) is 24.2. The summed E-state index contributed by atoms with van der Waals surface area (Å²) < 4.78 is 5.40. The van der Waals surface area contributed by atoms with Gasteiger partial charge in [0.25, 0.3) is 11.8 Å². The molecule has 8 heteroatoms. The van der Waals surface area contributed by atoms with Crippen LogP contribution >= 0.6 is 0 Å². The minimum Gasteiger partial charge on any atom is -0.496 e. The van der Waals surface area contributed by atoms with Crippen LogP contribution < -0.4 is 15.5 Å². The molecular formula is C25H32N4O4. The number of nitrogens with one attached hydrogen (secondary N) is 2. The number of hydrazine groups is 1. The molecule has 1 heterocycles. The highest BCUT2D eigenvalue weighted by Crippen LogP contribution is 2.25. The van der Waals surface area contributed by atoms with Gasteiger partial charge in [0.05, 0.1) is 13.7 Å². The smallest absolute Gasteiger partial charge is 0.344 e. The lowest BCUT2D eigenvalue weighted by atomic mass is 9.93. The molecule has 0 saturated carbocycles. The van der Waals surface area contributed by atoms with E-state index in [-0.39, 0.29) is 6.54 Å². The first-order valence-corrected chi connectivity index (χ1v) is 11.0. The number of benzene rings is 2. The van der Waals surface area contributed by atoms with Crippen molar-refractivity contribution in [3.63, 3.8) is 0 Å². The Morgan fingerprint density at radius 2 is 1.76 bits per heavy atom. The number of carbonyl (C=O) groups is 3. The molecule has 176 valence electrons. The lowest BCUT2D eigenvalue weighted by Gasteiger charge is -2.22. The molecule has 0 aromatic heterocycles. The van der Waals surface area contributed by atoms with Crippen LogP contribution in [0, 0.1) is 13.8 Å². The van der Waals surface area contributed by atoms with Gasteiger partial charge in [-0.3, -0.25) is 19.9 Å². The van der Waals surface area contributed by atoms with Crippen LogP contribution in [-0.2, 0) is 22.6 Å².